The summed E-state index contributed by atoms with van der Waals surface area (Å²) in [5.41, 5.74) is 0.121. The predicted molar refractivity (Wildman–Crippen MR) is 108 cm³/mol. The summed E-state index contributed by atoms with van der Waals surface area (Å²) in [7, 11) is -4.73. The molecular weight excluding hydrogens is 428 g/mol. The summed E-state index contributed by atoms with van der Waals surface area (Å²) in [6.07, 6.45) is 7.38. The van der Waals surface area contributed by atoms with Gasteiger partial charge in [-0.1, -0.05) is 0 Å². The molecule has 1 atom stereocenters. The Morgan fingerprint density at radius 3 is 2.06 bits per heavy atom. The number of amides is 1. The van der Waals surface area contributed by atoms with Crippen molar-refractivity contribution in [2.24, 2.45) is 23.2 Å². The largest absolute Gasteiger partial charge is 0.452 e. The standard InChI is InChI=1S/C22H27F2NO5S/c1-13(22-9-14-6-15(10-22)8-16(7-14)11-22)25-19(26)12-30-20(27)17-2-4-18(5-3-17)31(28,29)21(23)24/h2-5,13-16,21H,6-12H2,1H3,(H,25,26). The maximum atomic E-state index is 12.6. The molecule has 0 heterocycles. The van der Waals surface area contributed by atoms with E-state index >= 15 is 0 Å². The fourth-order valence-electron chi connectivity index (χ4n) is 6.24. The Hall–Kier alpha value is -2.03. The number of hydrogen-bond donors (Lipinski definition) is 1. The number of benzene rings is 1. The fraction of sp³-hybridized carbons (Fsp3) is 0.636. The van der Waals surface area contributed by atoms with Crippen LogP contribution in [-0.4, -0.2) is 38.7 Å². The van der Waals surface area contributed by atoms with Crippen molar-refractivity contribution in [3.63, 3.8) is 0 Å². The molecule has 0 radical (unpaired) electrons. The molecule has 4 fully saturated rings. The molecule has 170 valence electrons. The SMILES string of the molecule is CC(NC(=O)COC(=O)c1ccc(S(=O)(=O)C(F)F)cc1)C12CC3CC(CC(C3)C1)C2. The van der Waals surface area contributed by atoms with Crippen molar-refractivity contribution < 1.29 is 31.5 Å². The summed E-state index contributed by atoms with van der Waals surface area (Å²) >= 11 is 0. The fourth-order valence-corrected chi connectivity index (χ4v) is 6.96. The van der Waals surface area contributed by atoms with Crippen molar-refractivity contribution in [3.8, 4) is 0 Å². The van der Waals surface area contributed by atoms with Crippen LogP contribution in [0.25, 0.3) is 0 Å². The topological polar surface area (TPSA) is 89.5 Å². The molecule has 0 spiro atoms. The first-order chi connectivity index (χ1) is 14.6. The van der Waals surface area contributed by atoms with E-state index in [0.29, 0.717) is 0 Å². The van der Waals surface area contributed by atoms with Gasteiger partial charge in [0.25, 0.3) is 5.91 Å². The van der Waals surface area contributed by atoms with Gasteiger partial charge in [0.15, 0.2) is 6.61 Å². The van der Waals surface area contributed by atoms with Gasteiger partial charge in [0.2, 0.25) is 9.84 Å². The highest BCUT2D eigenvalue weighted by Crippen LogP contribution is 2.61. The Bertz CT molecular complexity index is 925. The molecule has 4 saturated carbocycles. The first-order valence-electron chi connectivity index (χ1n) is 10.7. The lowest BCUT2D eigenvalue weighted by Crippen LogP contribution is -2.56. The molecule has 1 aromatic carbocycles. The van der Waals surface area contributed by atoms with Crippen molar-refractivity contribution in [2.75, 3.05) is 6.61 Å². The van der Waals surface area contributed by atoms with Gasteiger partial charge < -0.3 is 10.1 Å². The van der Waals surface area contributed by atoms with Gasteiger partial charge >= 0.3 is 11.7 Å². The van der Waals surface area contributed by atoms with Crippen LogP contribution in [0.4, 0.5) is 8.78 Å². The van der Waals surface area contributed by atoms with Gasteiger partial charge in [0.1, 0.15) is 0 Å². The summed E-state index contributed by atoms with van der Waals surface area (Å²) in [6.45, 7) is 1.58. The van der Waals surface area contributed by atoms with E-state index in [2.05, 4.69) is 5.32 Å². The Morgan fingerprint density at radius 1 is 1.06 bits per heavy atom. The van der Waals surface area contributed by atoms with Crippen molar-refractivity contribution in [3.05, 3.63) is 29.8 Å². The number of hydrogen-bond acceptors (Lipinski definition) is 5. The molecule has 1 N–H and O–H groups in total. The van der Waals surface area contributed by atoms with Crippen molar-refractivity contribution in [1.29, 1.82) is 0 Å². The third-order valence-corrected chi connectivity index (χ3v) is 8.77. The van der Waals surface area contributed by atoms with Crippen LogP contribution in [0, 0.1) is 23.2 Å². The third kappa shape index (κ3) is 4.33. The number of halogens is 2. The Balaban J connectivity index is 1.30. The molecule has 4 aliphatic rings. The minimum atomic E-state index is -4.73. The molecule has 0 aromatic heterocycles. The quantitative estimate of drug-likeness (QED) is 0.635. The second kappa shape index (κ2) is 8.15. The Kier molecular flexibility index (Phi) is 5.83. The Labute approximate surface area is 180 Å². The molecule has 9 heteroatoms. The van der Waals surface area contributed by atoms with Gasteiger partial charge in [-0.05, 0) is 92.9 Å². The molecule has 4 bridgehead atoms. The van der Waals surface area contributed by atoms with E-state index < -0.39 is 33.1 Å². The summed E-state index contributed by atoms with van der Waals surface area (Å²) in [5, 5.41) is 3.01. The maximum absolute atomic E-state index is 12.6. The van der Waals surface area contributed by atoms with Gasteiger partial charge in [-0.15, -0.1) is 0 Å². The zero-order chi connectivity index (χ0) is 22.4. The lowest BCUT2D eigenvalue weighted by Gasteiger charge is -2.59. The zero-order valence-electron chi connectivity index (χ0n) is 17.4. The lowest BCUT2D eigenvalue weighted by atomic mass is 9.48. The number of carbonyl (C=O) groups is 2. The lowest BCUT2D eigenvalue weighted by molar-refractivity contribution is -0.128. The van der Waals surface area contributed by atoms with Crippen molar-refractivity contribution >= 4 is 21.7 Å². The first kappa shape index (κ1) is 22.2. The van der Waals surface area contributed by atoms with Crippen LogP contribution < -0.4 is 5.32 Å². The van der Waals surface area contributed by atoms with Crippen LogP contribution in [0.15, 0.2) is 29.2 Å². The second-order valence-electron chi connectivity index (χ2n) is 9.48. The molecule has 4 aliphatic carbocycles. The molecule has 5 rings (SSSR count). The normalized spacial score (nSPS) is 30.3. The van der Waals surface area contributed by atoms with E-state index in [0.717, 1.165) is 61.3 Å². The average molecular weight is 456 g/mol. The predicted octanol–water partition coefficient (Wildman–Crippen LogP) is 3.56. The summed E-state index contributed by atoms with van der Waals surface area (Å²) < 4.78 is 53.1. The van der Waals surface area contributed by atoms with Crippen LogP contribution >= 0.6 is 0 Å². The van der Waals surface area contributed by atoms with E-state index in [1.165, 1.54) is 19.3 Å². The van der Waals surface area contributed by atoms with Crippen LogP contribution in [0.1, 0.15) is 55.8 Å². The summed E-state index contributed by atoms with van der Waals surface area (Å²) in [5.74, 6) is -2.45. The third-order valence-electron chi connectivity index (χ3n) is 7.37. The van der Waals surface area contributed by atoms with Crippen LogP contribution in [0.3, 0.4) is 0 Å². The molecule has 31 heavy (non-hydrogen) atoms. The number of ether oxygens (including phenoxy) is 1. The second-order valence-corrected chi connectivity index (χ2v) is 11.4. The molecular formula is C22H27F2NO5S. The van der Waals surface area contributed by atoms with Gasteiger partial charge in [-0.3, -0.25) is 4.79 Å². The zero-order valence-corrected chi connectivity index (χ0v) is 18.2. The smallest absolute Gasteiger partial charge is 0.341 e. The van der Waals surface area contributed by atoms with E-state index in [9.17, 15) is 26.8 Å². The number of alkyl halides is 2. The van der Waals surface area contributed by atoms with E-state index in [4.69, 9.17) is 4.74 Å². The van der Waals surface area contributed by atoms with Crippen molar-refractivity contribution in [2.45, 2.75) is 62.1 Å². The van der Waals surface area contributed by atoms with Gasteiger partial charge in [-0.25, -0.2) is 13.2 Å². The number of rotatable bonds is 7. The highest BCUT2D eigenvalue weighted by Gasteiger charge is 2.53. The van der Waals surface area contributed by atoms with Gasteiger partial charge in [0.05, 0.1) is 10.5 Å². The van der Waals surface area contributed by atoms with Crippen LogP contribution in [-0.2, 0) is 19.4 Å². The minimum absolute atomic E-state index is 0.00550. The van der Waals surface area contributed by atoms with Crippen molar-refractivity contribution in [1.82, 2.24) is 5.32 Å². The van der Waals surface area contributed by atoms with E-state index in [1.54, 1.807) is 0 Å². The van der Waals surface area contributed by atoms with Crippen LogP contribution in [0.2, 0.25) is 0 Å². The number of carbonyl (C=O) groups excluding carboxylic acids is 2. The monoisotopic (exact) mass is 455 g/mol. The highest BCUT2D eigenvalue weighted by atomic mass is 32.2. The molecule has 6 nitrogen and oxygen atoms in total. The number of sulfone groups is 1. The highest BCUT2D eigenvalue weighted by molar-refractivity contribution is 7.91. The summed E-state index contributed by atoms with van der Waals surface area (Å²) in [6, 6.07) is 4.03. The molecule has 1 unspecified atom stereocenters. The van der Waals surface area contributed by atoms with E-state index in [-0.39, 0.29) is 22.9 Å². The molecule has 0 aliphatic heterocycles. The first-order valence-corrected chi connectivity index (χ1v) is 12.2. The number of nitrogens with one attached hydrogen (secondary N) is 1. The number of esters is 1. The molecule has 1 aromatic rings. The van der Waals surface area contributed by atoms with Gasteiger partial charge in [-0.2, -0.15) is 8.78 Å². The van der Waals surface area contributed by atoms with Gasteiger partial charge in [0, 0.05) is 6.04 Å². The van der Waals surface area contributed by atoms with E-state index in [1.807, 2.05) is 6.92 Å². The average Bonchev–Trinajstić information content (AvgIpc) is 2.71. The summed E-state index contributed by atoms with van der Waals surface area (Å²) in [4.78, 5) is 24.0. The molecule has 0 saturated heterocycles. The molecule has 1 amide bonds. The Morgan fingerprint density at radius 2 is 1.58 bits per heavy atom. The minimum Gasteiger partial charge on any atom is -0.452 e. The van der Waals surface area contributed by atoms with Crippen LogP contribution in [0.5, 0.6) is 0 Å². The maximum Gasteiger partial charge on any atom is 0.341 e.